The Morgan fingerprint density at radius 3 is 2.70 bits per heavy atom. The van der Waals surface area contributed by atoms with E-state index in [-0.39, 0.29) is 24.4 Å². The molecule has 0 saturated carbocycles. The van der Waals surface area contributed by atoms with Crippen LogP contribution >= 0.6 is 0 Å². The van der Waals surface area contributed by atoms with Crippen LogP contribution < -0.4 is 20.3 Å². The Labute approximate surface area is 194 Å². The highest BCUT2D eigenvalue weighted by Crippen LogP contribution is 2.31. The minimum absolute atomic E-state index is 0.0310. The van der Waals surface area contributed by atoms with Gasteiger partial charge in [-0.1, -0.05) is 30.3 Å². The molecule has 2 aliphatic heterocycles. The summed E-state index contributed by atoms with van der Waals surface area (Å²) < 4.78 is 5.77. The molecule has 2 amide bonds. The van der Waals surface area contributed by atoms with Crippen LogP contribution in [0.3, 0.4) is 0 Å². The van der Waals surface area contributed by atoms with Gasteiger partial charge < -0.3 is 25.2 Å². The average Bonchev–Trinajstić information content (AvgIpc) is 3.26. The summed E-state index contributed by atoms with van der Waals surface area (Å²) in [5.74, 6) is 1.60. The van der Waals surface area contributed by atoms with Gasteiger partial charge in [-0.15, -0.1) is 0 Å². The van der Waals surface area contributed by atoms with Crippen molar-refractivity contribution in [3.63, 3.8) is 0 Å². The lowest BCUT2D eigenvalue weighted by molar-refractivity contribution is -0.127. The van der Waals surface area contributed by atoms with Crippen molar-refractivity contribution in [3.05, 3.63) is 59.7 Å². The molecular formula is C25H31N5O3. The number of aliphatic imine (C=N–C) groups is 1. The molecule has 2 N–H and O–H groups in total. The lowest BCUT2D eigenvalue weighted by Gasteiger charge is -2.28. The lowest BCUT2D eigenvalue weighted by Crippen LogP contribution is -2.45. The highest BCUT2D eigenvalue weighted by Gasteiger charge is 2.23. The third-order valence-corrected chi connectivity index (χ3v) is 5.92. The van der Waals surface area contributed by atoms with Crippen LogP contribution in [0, 0.1) is 0 Å². The molecule has 2 aromatic carbocycles. The van der Waals surface area contributed by atoms with Gasteiger partial charge in [-0.05, 0) is 30.2 Å². The number of likely N-dealkylation sites (N-methyl/N-ethyl adjacent to an activating group) is 1. The second-order valence-corrected chi connectivity index (χ2v) is 8.49. The Morgan fingerprint density at radius 1 is 1.18 bits per heavy atom. The van der Waals surface area contributed by atoms with Gasteiger partial charge in [-0.2, -0.15) is 0 Å². The van der Waals surface area contributed by atoms with Gasteiger partial charge in [0, 0.05) is 44.7 Å². The standard InChI is InChI=1S/C25H31N5O3/c1-29(2)24(32)17-27-25(28-21-13-15-33-22-7-4-3-6-20(21)22)26-16-18-9-11-19(12-10-18)30-14-5-8-23(30)31/h3-4,6-7,9-12,21H,5,8,13-17H2,1-2H3,(H2,26,27,28). The minimum Gasteiger partial charge on any atom is -0.493 e. The number of fused-ring (bicyclic) bond motifs is 1. The molecule has 1 unspecified atom stereocenters. The fourth-order valence-corrected chi connectivity index (χ4v) is 4.00. The van der Waals surface area contributed by atoms with Crippen molar-refractivity contribution in [1.29, 1.82) is 0 Å². The Balaban J connectivity index is 1.47. The summed E-state index contributed by atoms with van der Waals surface area (Å²) in [5, 5.41) is 6.64. The maximum absolute atomic E-state index is 12.1. The average molecular weight is 450 g/mol. The van der Waals surface area contributed by atoms with Crippen molar-refractivity contribution in [3.8, 4) is 5.75 Å². The van der Waals surface area contributed by atoms with Crippen LogP contribution in [0.15, 0.2) is 53.5 Å². The van der Waals surface area contributed by atoms with E-state index in [2.05, 4.69) is 10.6 Å². The summed E-state index contributed by atoms with van der Waals surface area (Å²) in [6, 6.07) is 16.0. The Kier molecular flexibility index (Phi) is 7.12. The number of anilines is 1. The van der Waals surface area contributed by atoms with Crippen LogP contribution in [0.2, 0.25) is 0 Å². The number of guanidine groups is 1. The molecule has 8 nitrogen and oxygen atoms in total. The number of hydrogen-bond acceptors (Lipinski definition) is 4. The summed E-state index contributed by atoms with van der Waals surface area (Å²) in [7, 11) is 3.46. The van der Waals surface area contributed by atoms with Crippen molar-refractivity contribution < 1.29 is 14.3 Å². The summed E-state index contributed by atoms with van der Waals surface area (Å²) >= 11 is 0. The Hall–Kier alpha value is -3.55. The summed E-state index contributed by atoms with van der Waals surface area (Å²) in [6.07, 6.45) is 2.33. The van der Waals surface area contributed by atoms with Crippen molar-refractivity contribution in [2.24, 2.45) is 4.99 Å². The molecule has 33 heavy (non-hydrogen) atoms. The molecule has 2 aromatic rings. The largest absolute Gasteiger partial charge is 0.493 e. The molecule has 2 heterocycles. The second-order valence-electron chi connectivity index (χ2n) is 8.49. The van der Waals surface area contributed by atoms with Gasteiger partial charge in [0.2, 0.25) is 11.8 Å². The van der Waals surface area contributed by atoms with Crippen molar-refractivity contribution >= 4 is 23.5 Å². The van der Waals surface area contributed by atoms with E-state index in [4.69, 9.17) is 9.73 Å². The first-order valence-electron chi connectivity index (χ1n) is 11.4. The molecule has 0 aliphatic carbocycles. The van der Waals surface area contributed by atoms with Crippen LogP contribution in [0.1, 0.15) is 36.4 Å². The Bertz CT molecular complexity index is 1020. The topological polar surface area (TPSA) is 86.3 Å². The molecule has 4 rings (SSSR count). The first-order valence-corrected chi connectivity index (χ1v) is 11.4. The smallest absolute Gasteiger partial charge is 0.241 e. The maximum Gasteiger partial charge on any atom is 0.241 e. The number of ether oxygens (including phenoxy) is 1. The molecule has 1 fully saturated rings. The Morgan fingerprint density at radius 2 is 1.97 bits per heavy atom. The zero-order valence-electron chi connectivity index (χ0n) is 19.2. The van der Waals surface area contributed by atoms with Crippen LogP contribution in [0.4, 0.5) is 5.69 Å². The predicted octanol–water partition coefficient (Wildman–Crippen LogP) is 2.46. The number of benzene rings is 2. The van der Waals surface area contributed by atoms with E-state index >= 15 is 0 Å². The summed E-state index contributed by atoms with van der Waals surface area (Å²) in [6.45, 7) is 2.00. The second kappa shape index (κ2) is 10.4. The molecule has 0 radical (unpaired) electrons. The van der Waals surface area contributed by atoms with E-state index < -0.39 is 0 Å². The normalized spacial score (nSPS) is 17.9. The fourth-order valence-electron chi connectivity index (χ4n) is 4.00. The van der Waals surface area contributed by atoms with Gasteiger partial charge in [0.15, 0.2) is 5.96 Å². The quantitative estimate of drug-likeness (QED) is 0.523. The molecule has 1 atom stereocenters. The lowest BCUT2D eigenvalue weighted by atomic mass is 10.0. The van der Waals surface area contributed by atoms with Crippen molar-refractivity contribution in [1.82, 2.24) is 15.5 Å². The van der Waals surface area contributed by atoms with Gasteiger partial charge >= 0.3 is 0 Å². The summed E-state index contributed by atoms with van der Waals surface area (Å²) in [4.78, 5) is 32.2. The van der Waals surface area contributed by atoms with Crippen LogP contribution in [0.25, 0.3) is 0 Å². The summed E-state index contributed by atoms with van der Waals surface area (Å²) in [5.41, 5.74) is 3.03. The predicted molar refractivity (Wildman–Crippen MR) is 128 cm³/mol. The first kappa shape index (κ1) is 22.6. The number of para-hydroxylation sites is 1. The zero-order valence-corrected chi connectivity index (χ0v) is 19.2. The van der Waals surface area contributed by atoms with Crippen molar-refractivity contribution in [2.45, 2.75) is 31.8 Å². The molecule has 2 aliphatic rings. The maximum atomic E-state index is 12.1. The number of carbonyl (C=O) groups excluding carboxylic acids is 2. The van der Waals surface area contributed by atoms with Crippen molar-refractivity contribution in [2.75, 3.05) is 38.7 Å². The van der Waals surface area contributed by atoms with Crippen LogP contribution in [0.5, 0.6) is 5.75 Å². The number of rotatable bonds is 6. The van der Waals surface area contributed by atoms with Gasteiger partial charge in [-0.25, -0.2) is 4.99 Å². The van der Waals surface area contributed by atoms with Gasteiger partial charge in [0.05, 0.1) is 25.7 Å². The monoisotopic (exact) mass is 449 g/mol. The van der Waals surface area contributed by atoms with Gasteiger partial charge in [-0.3, -0.25) is 9.59 Å². The van der Waals surface area contributed by atoms with E-state index in [1.54, 1.807) is 19.0 Å². The van der Waals surface area contributed by atoms with E-state index in [0.717, 1.165) is 42.0 Å². The van der Waals surface area contributed by atoms with Gasteiger partial charge in [0.25, 0.3) is 0 Å². The highest BCUT2D eigenvalue weighted by atomic mass is 16.5. The molecule has 8 heteroatoms. The van der Waals surface area contributed by atoms with E-state index in [0.29, 0.717) is 25.5 Å². The molecule has 1 saturated heterocycles. The highest BCUT2D eigenvalue weighted by molar-refractivity contribution is 5.95. The van der Waals surface area contributed by atoms with Crippen LogP contribution in [-0.4, -0.2) is 56.5 Å². The SMILES string of the molecule is CN(C)C(=O)CNC(=NCc1ccc(N2CCCC2=O)cc1)NC1CCOc2ccccc21. The van der Waals surface area contributed by atoms with Gasteiger partial charge in [0.1, 0.15) is 5.75 Å². The number of amides is 2. The van der Waals surface area contributed by atoms with E-state index in [1.807, 2.05) is 53.4 Å². The number of carbonyl (C=O) groups is 2. The molecule has 0 aromatic heterocycles. The molecule has 0 spiro atoms. The van der Waals surface area contributed by atoms with E-state index in [1.165, 1.54) is 0 Å². The molecular weight excluding hydrogens is 418 g/mol. The minimum atomic E-state index is -0.0310. The fraction of sp³-hybridized carbons (Fsp3) is 0.400. The number of hydrogen-bond donors (Lipinski definition) is 2. The van der Waals surface area contributed by atoms with Crippen LogP contribution in [-0.2, 0) is 16.1 Å². The third kappa shape index (κ3) is 5.63. The number of nitrogens with zero attached hydrogens (tertiary/aromatic N) is 3. The van der Waals surface area contributed by atoms with E-state index in [9.17, 15) is 9.59 Å². The third-order valence-electron chi connectivity index (χ3n) is 5.92. The first-order chi connectivity index (χ1) is 16.0. The zero-order chi connectivity index (χ0) is 23.2. The molecule has 174 valence electrons. The molecule has 0 bridgehead atoms. The number of nitrogens with one attached hydrogen (secondary N) is 2.